The zero-order valence-corrected chi connectivity index (χ0v) is 18.0. The molecule has 158 valence electrons. The lowest BCUT2D eigenvalue weighted by Crippen LogP contribution is -2.16. The Morgan fingerprint density at radius 1 is 0.968 bits per heavy atom. The maximum absolute atomic E-state index is 12.6. The highest BCUT2D eigenvalue weighted by atomic mass is 16.5. The lowest BCUT2D eigenvalue weighted by Gasteiger charge is -2.12. The number of benzene rings is 3. The number of carbonyl (C=O) groups excluding carboxylic acids is 1. The van der Waals surface area contributed by atoms with Crippen LogP contribution in [-0.4, -0.2) is 22.6 Å². The van der Waals surface area contributed by atoms with Gasteiger partial charge in [0.25, 0.3) is 0 Å². The molecule has 0 spiro atoms. The molecule has 0 saturated heterocycles. The Morgan fingerprint density at radius 3 is 2.48 bits per heavy atom. The number of ether oxygens (including phenoxy) is 1. The molecule has 0 fully saturated rings. The Balaban J connectivity index is 1.45. The summed E-state index contributed by atoms with van der Waals surface area (Å²) in [6.45, 7) is 3.03. The topological polar surface area (TPSA) is 56.2 Å². The summed E-state index contributed by atoms with van der Waals surface area (Å²) in [5.41, 5.74) is 5.12. The number of rotatable bonds is 8. The van der Waals surface area contributed by atoms with E-state index < -0.39 is 0 Å². The summed E-state index contributed by atoms with van der Waals surface area (Å²) in [6.07, 6.45) is 1.94. The number of anilines is 1. The van der Waals surface area contributed by atoms with Gasteiger partial charge in [-0.05, 0) is 54.8 Å². The van der Waals surface area contributed by atoms with Crippen LogP contribution in [0.15, 0.2) is 72.8 Å². The highest BCUT2D eigenvalue weighted by molar-refractivity contribution is 5.93. The van der Waals surface area contributed by atoms with E-state index in [4.69, 9.17) is 9.72 Å². The van der Waals surface area contributed by atoms with Gasteiger partial charge in [0.2, 0.25) is 5.91 Å². The Labute approximate surface area is 182 Å². The standard InChI is InChI=1S/C26H27N3O2/c1-3-29-24-11-7-6-10-23(24)27-25(29)17-14-20-8-4-5-9-22(20)28-26(30)18-19-12-15-21(31-2)16-13-19/h4-13,15-16H,3,14,17-18H2,1-2H3,(H,28,30). The third-order valence-electron chi connectivity index (χ3n) is 5.48. The summed E-state index contributed by atoms with van der Waals surface area (Å²) in [6, 6.07) is 23.8. The number of aromatic nitrogens is 2. The summed E-state index contributed by atoms with van der Waals surface area (Å²) in [5, 5.41) is 3.08. The number of hydrogen-bond acceptors (Lipinski definition) is 3. The molecule has 3 aromatic carbocycles. The molecule has 1 heterocycles. The van der Waals surface area contributed by atoms with Gasteiger partial charge in [-0.25, -0.2) is 4.98 Å². The zero-order chi connectivity index (χ0) is 21.6. The van der Waals surface area contributed by atoms with E-state index in [1.807, 2.05) is 54.6 Å². The van der Waals surface area contributed by atoms with Crippen molar-refractivity contribution in [2.75, 3.05) is 12.4 Å². The van der Waals surface area contributed by atoms with Gasteiger partial charge in [0, 0.05) is 18.7 Å². The number of imidazole rings is 1. The number of aryl methyl sites for hydroxylation is 3. The van der Waals surface area contributed by atoms with Gasteiger partial charge < -0.3 is 14.6 Å². The average molecular weight is 414 g/mol. The molecule has 31 heavy (non-hydrogen) atoms. The Hall–Kier alpha value is -3.60. The van der Waals surface area contributed by atoms with Crippen LogP contribution >= 0.6 is 0 Å². The molecule has 5 heteroatoms. The van der Waals surface area contributed by atoms with Crippen molar-refractivity contribution in [3.63, 3.8) is 0 Å². The number of para-hydroxylation sites is 3. The molecule has 1 amide bonds. The normalized spacial score (nSPS) is 10.9. The first-order chi connectivity index (χ1) is 15.2. The smallest absolute Gasteiger partial charge is 0.228 e. The van der Waals surface area contributed by atoms with Gasteiger partial charge >= 0.3 is 0 Å². The molecule has 0 bridgehead atoms. The molecule has 0 atom stereocenters. The minimum Gasteiger partial charge on any atom is -0.497 e. The number of nitrogens with zero attached hydrogens (tertiary/aromatic N) is 2. The van der Waals surface area contributed by atoms with Gasteiger partial charge in [-0.2, -0.15) is 0 Å². The van der Waals surface area contributed by atoms with E-state index in [1.54, 1.807) is 7.11 Å². The third-order valence-corrected chi connectivity index (χ3v) is 5.48. The monoisotopic (exact) mass is 413 g/mol. The molecule has 0 saturated carbocycles. The van der Waals surface area contributed by atoms with E-state index in [-0.39, 0.29) is 5.91 Å². The first-order valence-electron chi connectivity index (χ1n) is 10.6. The molecule has 5 nitrogen and oxygen atoms in total. The van der Waals surface area contributed by atoms with E-state index in [0.29, 0.717) is 6.42 Å². The van der Waals surface area contributed by atoms with Gasteiger partial charge in [-0.15, -0.1) is 0 Å². The van der Waals surface area contributed by atoms with E-state index in [0.717, 1.165) is 53.3 Å². The quantitative estimate of drug-likeness (QED) is 0.441. The first kappa shape index (κ1) is 20.7. The fourth-order valence-electron chi connectivity index (χ4n) is 3.90. The van der Waals surface area contributed by atoms with E-state index >= 15 is 0 Å². The number of amides is 1. The molecule has 1 N–H and O–H groups in total. The van der Waals surface area contributed by atoms with Crippen molar-refractivity contribution < 1.29 is 9.53 Å². The lowest BCUT2D eigenvalue weighted by atomic mass is 10.1. The molecule has 0 aliphatic rings. The lowest BCUT2D eigenvalue weighted by molar-refractivity contribution is -0.115. The highest BCUT2D eigenvalue weighted by Crippen LogP contribution is 2.21. The van der Waals surface area contributed by atoms with Crippen molar-refractivity contribution in [2.45, 2.75) is 32.7 Å². The maximum atomic E-state index is 12.6. The van der Waals surface area contributed by atoms with Crippen LogP contribution in [-0.2, 0) is 30.6 Å². The SMILES string of the molecule is CCn1c(CCc2ccccc2NC(=O)Cc2ccc(OC)cc2)nc2ccccc21. The molecule has 0 aliphatic heterocycles. The number of nitrogens with one attached hydrogen (secondary N) is 1. The van der Waals surface area contributed by atoms with E-state index in [1.165, 1.54) is 5.52 Å². The number of carbonyl (C=O) groups is 1. The van der Waals surface area contributed by atoms with Crippen molar-refractivity contribution in [1.82, 2.24) is 9.55 Å². The van der Waals surface area contributed by atoms with Crippen LogP contribution in [0.4, 0.5) is 5.69 Å². The third kappa shape index (κ3) is 4.77. The molecular weight excluding hydrogens is 386 g/mol. The van der Waals surface area contributed by atoms with Crippen LogP contribution in [0.5, 0.6) is 5.75 Å². The van der Waals surface area contributed by atoms with Gasteiger partial charge in [0.15, 0.2) is 0 Å². The molecular formula is C26H27N3O2. The predicted octanol–water partition coefficient (Wildman–Crippen LogP) is 5.03. The molecule has 0 radical (unpaired) electrons. The van der Waals surface area contributed by atoms with Crippen LogP contribution in [0.25, 0.3) is 11.0 Å². The number of hydrogen-bond donors (Lipinski definition) is 1. The van der Waals surface area contributed by atoms with Crippen LogP contribution in [0.1, 0.15) is 23.9 Å². The van der Waals surface area contributed by atoms with Gasteiger partial charge in [0.05, 0.1) is 24.6 Å². The summed E-state index contributed by atoms with van der Waals surface area (Å²) in [4.78, 5) is 17.4. The van der Waals surface area contributed by atoms with Crippen molar-refractivity contribution in [3.05, 3.63) is 89.7 Å². The van der Waals surface area contributed by atoms with Gasteiger partial charge in [0.1, 0.15) is 11.6 Å². The minimum absolute atomic E-state index is 0.0292. The highest BCUT2D eigenvalue weighted by Gasteiger charge is 2.12. The fourth-order valence-corrected chi connectivity index (χ4v) is 3.90. The Morgan fingerprint density at radius 2 is 1.71 bits per heavy atom. The average Bonchev–Trinajstić information content (AvgIpc) is 3.16. The Bertz CT molecular complexity index is 1180. The van der Waals surface area contributed by atoms with Crippen LogP contribution in [0.3, 0.4) is 0 Å². The van der Waals surface area contributed by atoms with Crippen molar-refractivity contribution in [1.29, 1.82) is 0 Å². The predicted molar refractivity (Wildman–Crippen MR) is 125 cm³/mol. The molecule has 4 aromatic rings. The molecule has 0 unspecified atom stereocenters. The zero-order valence-electron chi connectivity index (χ0n) is 18.0. The van der Waals surface area contributed by atoms with E-state index in [2.05, 4.69) is 35.0 Å². The summed E-state index contributed by atoms with van der Waals surface area (Å²) in [7, 11) is 1.63. The molecule has 4 rings (SSSR count). The van der Waals surface area contributed by atoms with Crippen molar-refractivity contribution in [2.24, 2.45) is 0 Å². The van der Waals surface area contributed by atoms with E-state index in [9.17, 15) is 4.79 Å². The molecule has 0 aliphatic carbocycles. The van der Waals surface area contributed by atoms with Gasteiger partial charge in [-0.1, -0.05) is 42.5 Å². The second-order valence-electron chi connectivity index (χ2n) is 7.49. The fraction of sp³-hybridized carbons (Fsp3) is 0.231. The van der Waals surface area contributed by atoms with Crippen molar-refractivity contribution in [3.8, 4) is 5.75 Å². The Kier molecular flexibility index (Phi) is 6.32. The maximum Gasteiger partial charge on any atom is 0.228 e. The summed E-state index contributed by atoms with van der Waals surface area (Å²) >= 11 is 0. The van der Waals surface area contributed by atoms with Crippen LogP contribution in [0, 0.1) is 0 Å². The largest absolute Gasteiger partial charge is 0.497 e. The summed E-state index contributed by atoms with van der Waals surface area (Å²) in [5.74, 6) is 1.83. The van der Waals surface area contributed by atoms with Crippen LogP contribution in [0.2, 0.25) is 0 Å². The molecule has 1 aromatic heterocycles. The second kappa shape index (κ2) is 9.47. The van der Waals surface area contributed by atoms with Crippen LogP contribution < -0.4 is 10.1 Å². The first-order valence-corrected chi connectivity index (χ1v) is 10.6. The second-order valence-corrected chi connectivity index (χ2v) is 7.49. The summed E-state index contributed by atoms with van der Waals surface area (Å²) < 4.78 is 7.44. The minimum atomic E-state index is -0.0292. The van der Waals surface area contributed by atoms with Crippen molar-refractivity contribution >= 4 is 22.6 Å². The number of fused-ring (bicyclic) bond motifs is 1. The number of methoxy groups -OCH3 is 1. The van der Waals surface area contributed by atoms with Gasteiger partial charge in [-0.3, -0.25) is 4.79 Å².